The van der Waals surface area contributed by atoms with E-state index in [0.29, 0.717) is 6.61 Å². The van der Waals surface area contributed by atoms with Gasteiger partial charge in [-0.1, -0.05) is 30.3 Å². The third kappa shape index (κ3) is 3.27. The largest absolute Gasteiger partial charge is 0.465 e. The highest BCUT2D eigenvalue weighted by molar-refractivity contribution is 7.86. The molecule has 1 aromatic rings. The molecule has 0 spiro atoms. The summed E-state index contributed by atoms with van der Waals surface area (Å²) >= 11 is 0. The SMILES string of the molecule is CCOC(=O)C(c1ccccc1)S(=O)C1CCOC1C. The van der Waals surface area contributed by atoms with Crippen LogP contribution >= 0.6 is 0 Å². The van der Waals surface area contributed by atoms with Crippen molar-refractivity contribution in [2.45, 2.75) is 36.9 Å². The second kappa shape index (κ2) is 6.99. The van der Waals surface area contributed by atoms with Gasteiger partial charge in [-0.05, 0) is 25.8 Å². The van der Waals surface area contributed by atoms with Crippen LogP contribution in [0, 0.1) is 0 Å². The standard InChI is InChI=1S/C15H20O4S/c1-3-18-15(16)14(12-7-5-4-6-8-12)20(17)13-9-10-19-11(13)2/h4-8,11,13-14H,3,9-10H2,1-2H3. The zero-order valence-electron chi connectivity index (χ0n) is 11.8. The van der Waals surface area contributed by atoms with E-state index in [0.717, 1.165) is 12.0 Å². The van der Waals surface area contributed by atoms with Crippen LogP contribution in [0.25, 0.3) is 0 Å². The number of carbonyl (C=O) groups excluding carboxylic acids is 1. The van der Waals surface area contributed by atoms with Crippen molar-refractivity contribution in [1.29, 1.82) is 0 Å². The topological polar surface area (TPSA) is 52.6 Å². The first-order chi connectivity index (χ1) is 9.65. The Morgan fingerprint density at radius 3 is 2.70 bits per heavy atom. The van der Waals surface area contributed by atoms with E-state index in [2.05, 4.69) is 0 Å². The molecule has 1 heterocycles. The molecule has 2 rings (SSSR count). The van der Waals surface area contributed by atoms with E-state index >= 15 is 0 Å². The van der Waals surface area contributed by atoms with Crippen molar-refractivity contribution in [2.24, 2.45) is 0 Å². The lowest BCUT2D eigenvalue weighted by Gasteiger charge is -2.21. The molecular formula is C15H20O4S. The van der Waals surface area contributed by atoms with Crippen molar-refractivity contribution in [3.05, 3.63) is 35.9 Å². The predicted molar refractivity (Wildman–Crippen MR) is 77.8 cm³/mol. The van der Waals surface area contributed by atoms with Gasteiger partial charge in [-0.3, -0.25) is 9.00 Å². The summed E-state index contributed by atoms with van der Waals surface area (Å²) in [6, 6.07) is 9.19. The smallest absolute Gasteiger partial charge is 0.326 e. The number of hydrogen-bond donors (Lipinski definition) is 0. The molecule has 5 heteroatoms. The molecule has 4 nitrogen and oxygen atoms in total. The normalized spacial score (nSPS) is 25.1. The van der Waals surface area contributed by atoms with Crippen molar-refractivity contribution in [3.63, 3.8) is 0 Å². The van der Waals surface area contributed by atoms with Crippen molar-refractivity contribution in [3.8, 4) is 0 Å². The summed E-state index contributed by atoms with van der Waals surface area (Å²) in [6.07, 6.45) is 0.632. The van der Waals surface area contributed by atoms with Crippen LogP contribution in [0.4, 0.5) is 0 Å². The van der Waals surface area contributed by atoms with Gasteiger partial charge in [0.05, 0.1) is 18.0 Å². The average molecular weight is 296 g/mol. The molecular weight excluding hydrogens is 276 g/mol. The lowest BCUT2D eigenvalue weighted by Crippen LogP contribution is -2.31. The fourth-order valence-electron chi connectivity index (χ4n) is 2.40. The van der Waals surface area contributed by atoms with Crippen LogP contribution in [-0.4, -0.2) is 34.7 Å². The first-order valence-electron chi connectivity index (χ1n) is 6.87. The summed E-state index contributed by atoms with van der Waals surface area (Å²) < 4.78 is 23.4. The molecule has 0 saturated carbocycles. The summed E-state index contributed by atoms with van der Waals surface area (Å²) in [5.41, 5.74) is 0.739. The Hall–Kier alpha value is -1.20. The van der Waals surface area contributed by atoms with Gasteiger partial charge < -0.3 is 9.47 Å². The van der Waals surface area contributed by atoms with Crippen molar-refractivity contribution < 1.29 is 18.5 Å². The van der Waals surface area contributed by atoms with Crippen LogP contribution in [-0.2, 0) is 25.1 Å². The van der Waals surface area contributed by atoms with Crippen molar-refractivity contribution in [1.82, 2.24) is 0 Å². The molecule has 0 aliphatic carbocycles. The molecule has 4 atom stereocenters. The lowest BCUT2D eigenvalue weighted by molar-refractivity contribution is -0.142. The zero-order chi connectivity index (χ0) is 14.5. The summed E-state index contributed by atoms with van der Waals surface area (Å²) in [6.45, 7) is 4.55. The van der Waals surface area contributed by atoms with Crippen LogP contribution in [0.1, 0.15) is 31.1 Å². The average Bonchev–Trinajstić information content (AvgIpc) is 2.87. The zero-order valence-corrected chi connectivity index (χ0v) is 12.6. The van der Waals surface area contributed by atoms with E-state index < -0.39 is 22.0 Å². The van der Waals surface area contributed by atoms with Crippen LogP contribution in [0.15, 0.2) is 30.3 Å². The van der Waals surface area contributed by atoms with Crippen molar-refractivity contribution in [2.75, 3.05) is 13.2 Å². The maximum atomic E-state index is 12.8. The van der Waals surface area contributed by atoms with E-state index in [4.69, 9.17) is 9.47 Å². The molecule has 0 bridgehead atoms. The molecule has 0 radical (unpaired) electrons. The minimum Gasteiger partial charge on any atom is -0.465 e. The predicted octanol–water partition coefficient (Wildman–Crippen LogP) is 2.22. The Kier molecular flexibility index (Phi) is 5.31. The summed E-state index contributed by atoms with van der Waals surface area (Å²) in [7, 11) is -1.35. The van der Waals surface area contributed by atoms with Gasteiger partial charge in [0.25, 0.3) is 0 Å². The number of benzene rings is 1. The van der Waals surface area contributed by atoms with Gasteiger partial charge >= 0.3 is 5.97 Å². The fraction of sp³-hybridized carbons (Fsp3) is 0.533. The van der Waals surface area contributed by atoms with Crippen LogP contribution in [0.2, 0.25) is 0 Å². The Morgan fingerprint density at radius 1 is 1.45 bits per heavy atom. The monoisotopic (exact) mass is 296 g/mol. The van der Waals surface area contributed by atoms with Gasteiger partial charge in [0.2, 0.25) is 0 Å². The highest BCUT2D eigenvalue weighted by Gasteiger charge is 2.38. The fourth-order valence-corrected chi connectivity index (χ4v) is 4.22. The quantitative estimate of drug-likeness (QED) is 0.782. The first kappa shape index (κ1) is 15.2. The molecule has 0 N–H and O–H groups in total. The number of carbonyl (C=O) groups is 1. The molecule has 0 amide bonds. The molecule has 1 fully saturated rings. The number of hydrogen-bond acceptors (Lipinski definition) is 4. The molecule has 110 valence electrons. The summed E-state index contributed by atoms with van der Waals surface area (Å²) in [5, 5.41) is -0.852. The number of ether oxygens (including phenoxy) is 2. The highest BCUT2D eigenvalue weighted by Crippen LogP contribution is 2.30. The molecule has 0 aromatic heterocycles. The van der Waals surface area contributed by atoms with Gasteiger partial charge in [0.1, 0.15) is 0 Å². The number of rotatable bonds is 5. The Bertz CT molecular complexity index is 474. The van der Waals surface area contributed by atoms with Gasteiger partial charge in [0.15, 0.2) is 5.25 Å². The van der Waals surface area contributed by atoms with Crippen LogP contribution in [0.3, 0.4) is 0 Å². The maximum Gasteiger partial charge on any atom is 0.326 e. The van der Waals surface area contributed by atoms with E-state index in [-0.39, 0.29) is 18.0 Å². The van der Waals surface area contributed by atoms with E-state index in [1.165, 1.54) is 0 Å². The molecule has 1 aliphatic heterocycles. The highest BCUT2D eigenvalue weighted by atomic mass is 32.2. The maximum absolute atomic E-state index is 12.8. The molecule has 1 saturated heterocycles. The Balaban J connectivity index is 2.27. The molecule has 4 unspecified atom stereocenters. The van der Waals surface area contributed by atoms with E-state index in [9.17, 15) is 9.00 Å². The van der Waals surface area contributed by atoms with E-state index in [1.807, 2.05) is 37.3 Å². The van der Waals surface area contributed by atoms with Crippen LogP contribution < -0.4 is 0 Å². The molecule has 1 aromatic carbocycles. The minimum atomic E-state index is -1.35. The molecule has 1 aliphatic rings. The summed E-state index contributed by atoms with van der Waals surface area (Å²) in [5.74, 6) is -0.420. The van der Waals surface area contributed by atoms with Gasteiger partial charge in [-0.25, -0.2) is 0 Å². The minimum absolute atomic E-state index is 0.0866. The van der Waals surface area contributed by atoms with Gasteiger partial charge in [-0.2, -0.15) is 0 Å². The van der Waals surface area contributed by atoms with Crippen molar-refractivity contribution >= 4 is 16.8 Å². The van der Waals surface area contributed by atoms with Gasteiger partial charge in [-0.15, -0.1) is 0 Å². The lowest BCUT2D eigenvalue weighted by atomic mass is 10.1. The second-order valence-corrected chi connectivity index (χ2v) is 6.51. The first-order valence-corrected chi connectivity index (χ1v) is 8.15. The molecule has 20 heavy (non-hydrogen) atoms. The third-order valence-corrected chi connectivity index (χ3v) is 5.59. The van der Waals surface area contributed by atoms with Gasteiger partial charge in [0, 0.05) is 17.4 Å². The van der Waals surface area contributed by atoms with Crippen LogP contribution in [0.5, 0.6) is 0 Å². The third-order valence-electron chi connectivity index (χ3n) is 3.44. The second-order valence-electron chi connectivity index (χ2n) is 4.77. The van der Waals surface area contributed by atoms with E-state index in [1.54, 1.807) is 6.92 Å². The Labute approximate surface area is 121 Å². The number of esters is 1. The summed E-state index contributed by atoms with van der Waals surface area (Å²) in [4.78, 5) is 12.2. The Morgan fingerprint density at radius 2 is 2.15 bits per heavy atom.